The van der Waals surface area contributed by atoms with Crippen molar-refractivity contribution in [3.8, 4) is 5.69 Å². The lowest BCUT2D eigenvalue weighted by Crippen LogP contribution is -2.39. The summed E-state index contributed by atoms with van der Waals surface area (Å²) in [6.07, 6.45) is 1.51. The lowest BCUT2D eigenvalue weighted by molar-refractivity contribution is -0.384. The summed E-state index contributed by atoms with van der Waals surface area (Å²) in [6.45, 7) is 2.14. The molecule has 2 rings (SSSR count). The molecule has 0 bridgehead atoms. The van der Waals surface area contributed by atoms with Crippen LogP contribution in [0.4, 0.5) is 5.69 Å². The van der Waals surface area contributed by atoms with Gasteiger partial charge in [0.2, 0.25) is 0 Å². The number of halogens is 3. The number of carbonyl (C=O) groups excluding carboxylic acids is 1. The molecular formula is C14H16Cl3N5O3. The Balaban J connectivity index is 0.00000312. The molecular weight excluding hydrogens is 393 g/mol. The SMILES string of the molecule is CC(CN)N(C)C(=O)c1ccn(-c2c(Cl)cc([N+](=O)[O-])cc2Cl)n1.Cl. The van der Waals surface area contributed by atoms with E-state index in [1.54, 1.807) is 7.05 Å². The average molecular weight is 409 g/mol. The minimum absolute atomic E-state index is 0. The van der Waals surface area contributed by atoms with Crippen molar-refractivity contribution in [2.75, 3.05) is 13.6 Å². The minimum atomic E-state index is -0.594. The Hall–Kier alpha value is -1.87. The van der Waals surface area contributed by atoms with Gasteiger partial charge in [0.1, 0.15) is 5.69 Å². The number of nitro groups is 1. The zero-order chi connectivity index (χ0) is 18.0. The third-order valence-corrected chi connectivity index (χ3v) is 4.15. The first-order valence-electron chi connectivity index (χ1n) is 6.93. The van der Waals surface area contributed by atoms with E-state index in [0.717, 1.165) is 0 Å². The van der Waals surface area contributed by atoms with Gasteiger partial charge in [-0.05, 0) is 13.0 Å². The van der Waals surface area contributed by atoms with Gasteiger partial charge in [-0.3, -0.25) is 14.9 Å². The molecule has 2 N–H and O–H groups in total. The van der Waals surface area contributed by atoms with Crippen LogP contribution in [0.1, 0.15) is 17.4 Å². The third kappa shape index (κ3) is 4.40. The maximum atomic E-state index is 12.3. The Morgan fingerprint density at radius 1 is 1.44 bits per heavy atom. The summed E-state index contributed by atoms with van der Waals surface area (Å²) in [4.78, 5) is 24.0. The number of nitro benzene ring substituents is 1. The number of hydrogen-bond donors (Lipinski definition) is 1. The lowest BCUT2D eigenvalue weighted by Gasteiger charge is -2.22. The van der Waals surface area contributed by atoms with E-state index in [1.807, 2.05) is 6.92 Å². The van der Waals surface area contributed by atoms with Gasteiger partial charge in [0.25, 0.3) is 11.6 Å². The average Bonchev–Trinajstić information content (AvgIpc) is 3.01. The number of non-ortho nitro benzene ring substituents is 1. The number of likely N-dealkylation sites (N-methyl/N-ethyl adjacent to an activating group) is 1. The van der Waals surface area contributed by atoms with Gasteiger partial charge in [-0.1, -0.05) is 23.2 Å². The van der Waals surface area contributed by atoms with Crippen molar-refractivity contribution in [2.24, 2.45) is 5.73 Å². The van der Waals surface area contributed by atoms with E-state index in [0.29, 0.717) is 6.54 Å². The van der Waals surface area contributed by atoms with E-state index in [2.05, 4.69) is 5.10 Å². The highest BCUT2D eigenvalue weighted by Gasteiger charge is 2.21. The molecule has 0 spiro atoms. The van der Waals surface area contributed by atoms with Gasteiger partial charge in [-0.15, -0.1) is 12.4 Å². The van der Waals surface area contributed by atoms with Crippen LogP contribution in [0, 0.1) is 10.1 Å². The summed E-state index contributed by atoms with van der Waals surface area (Å²) < 4.78 is 1.31. The Kier molecular flexibility index (Phi) is 7.18. The molecule has 0 radical (unpaired) electrons. The first-order chi connectivity index (χ1) is 11.3. The molecule has 1 heterocycles. The van der Waals surface area contributed by atoms with Crippen LogP contribution in [-0.2, 0) is 0 Å². The zero-order valence-corrected chi connectivity index (χ0v) is 15.7. The topological polar surface area (TPSA) is 107 Å². The molecule has 1 unspecified atom stereocenters. The second-order valence-corrected chi connectivity index (χ2v) is 5.98. The molecule has 0 saturated carbocycles. The smallest absolute Gasteiger partial charge is 0.274 e. The number of rotatable bonds is 5. The highest BCUT2D eigenvalue weighted by molar-refractivity contribution is 6.38. The maximum Gasteiger partial charge on any atom is 0.274 e. The van der Waals surface area contributed by atoms with Crippen LogP contribution in [-0.4, -0.2) is 45.1 Å². The number of hydrogen-bond acceptors (Lipinski definition) is 5. The van der Waals surface area contributed by atoms with Crippen LogP contribution >= 0.6 is 35.6 Å². The highest BCUT2D eigenvalue weighted by atomic mass is 35.5. The number of nitrogens with zero attached hydrogens (tertiary/aromatic N) is 4. The third-order valence-electron chi connectivity index (χ3n) is 3.57. The standard InChI is InChI=1S/C14H15Cl2N5O3.ClH/c1-8(7-17)19(2)14(22)12-3-4-20(18-12)13-10(15)5-9(21(23)24)6-11(13)16;/h3-6,8H,7,17H2,1-2H3;1H. The molecule has 0 aliphatic heterocycles. The molecule has 25 heavy (non-hydrogen) atoms. The van der Waals surface area contributed by atoms with Gasteiger partial charge in [0.15, 0.2) is 5.69 Å². The van der Waals surface area contributed by atoms with Crippen molar-refractivity contribution in [3.63, 3.8) is 0 Å². The minimum Gasteiger partial charge on any atom is -0.336 e. The van der Waals surface area contributed by atoms with Crippen molar-refractivity contribution >= 4 is 47.2 Å². The summed E-state index contributed by atoms with van der Waals surface area (Å²) in [5, 5.41) is 15.1. The summed E-state index contributed by atoms with van der Waals surface area (Å²) in [5.41, 5.74) is 5.77. The molecule has 2 aromatic rings. The number of amides is 1. The lowest BCUT2D eigenvalue weighted by atomic mass is 10.2. The number of benzene rings is 1. The van der Waals surface area contributed by atoms with Crippen molar-refractivity contribution in [2.45, 2.75) is 13.0 Å². The van der Waals surface area contributed by atoms with Crippen molar-refractivity contribution in [1.29, 1.82) is 0 Å². The Morgan fingerprint density at radius 2 is 2.00 bits per heavy atom. The van der Waals surface area contributed by atoms with Crippen LogP contribution in [0.2, 0.25) is 10.0 Å². The predicted molar refractivity (Wildman–Crippen MR) is 98.1 cm³/mol. The molecule has 11 heteroatoms. The quantitative estimate of drug-likeness (QED) is 0.604. The molecule has 8 nitrogen and oxygen atoms in total. The van der Waals surface area contributed by atoms with E-state index in [1.165, 1.54) is 34.0 Å². The molecule has 1 amide bonds. The second kappa shape index (κ2) is 8.48. The summed E-state index contributed by atoms with van der Waals surface area (Å²) in [6, 6.07) is 3.72. The number of nitrogens with two attached hydrogens (primary N) is 1. The van der Waals surface area contributed by atoms with Crippen LogP contribution in [0.5, 0.6) is 0 Å². The Bertz CT molecular complexity index is 773. The Labute approximate surface area is 160 Å². The van der Waals surface area contributed by atoms with Gasteiger partial charge in [-0.2, -0.15) is 5.10 Å². The van der Waals surface area contributed by atoms with Crippen molar-refractivity contribution < 1.29 is 9.72 Å². The fourth-order valence-electron chi connectivity index (χ4n) is 1.98. The summed E-state index contributed by atoms with van der Waals surface area (Å²) in [7, 11) is 1.63. The van der Waals surface area contributed by atoms with E-state index < -0.39 is 4.92 Å². The number of carbonyl (C=O) groups is 1. The van der Waals surface area contributed by atoms with Crippen LogP contribution in [0.3, 0.4) is 0 Å². The van der Waals surface area contributed by atoms with Crippen LogP contribution in [0.25, 0.3) is 5.69 Å². The number of aromatic nitrogens is 2. The van der Waals surface area contributed by atoms with Crippen LogP contribution < -0.4 is 5.73 Å². The van der Waals surface area contributed by atoms with E-state index in [4.69, 9.17) is 28.9 Å². The monoisotopic (exact) mass is 407 g/mol. The Morgan fingerprint density at radius 3 is 2.48 bits per heavy atom. The van der Waals surface area contributed by atoms with E-state index >= 15 is 0 Å². The summed E-state index contributed by atoms with van der Waals surface area (Å²) in [5.74, 6) is -0.305. The molecule has 1 atom stereocenters. The van der Waals surface area contributed by atoms with Gasteiger partial charge in [0.05, 0.1) is 15.0 Å². The van der Waals surface area contributed by atoms with Crippen LogP contribution in [0.15, 0.2) is 24.4 Å². The first kappa shape index (κ1) is 21.2. The van der Waals surface area contributed by atoms with Crippen molar-refractivity contribution in [1.82, 2.24) is 14.7 Å². The van der Waals surface area contributed by atoms with Gasteiger partial charge in [0, 0.05) is 38.0 Å². The normalized spacial score (nSPS) is 11.6. The maximum absolute atomic E-state index is 12.3. The molecule has 0 fully saturated rings. The second-order valence-electron chi connectivity index (χ2n) is 5.16. The van der Waals surface area contributed by atoms with Gasteiger partial charge in [-0.25, -0.2) is 4.68 Å². The molecule has 0 aliphatic rings. The predicted octanol–water partition coefficient (Wildman–Crippen LogP) is 2.93. The molecule has 1 aromatic heterocycles. The van der Waals surface area contributed by atoms with Gasteiger partial charge < -0.3 is 10.6 Å². The van der Waals surface area contributed by atoms with Gasteiger partial charge >= 0.3 is 0 Å². The first-order valence-corrected chi connectivity index (χ1v) is 7.68. The molecule has 136 valence electrons. The molecule has 0 aliphatic carbocycles. The fraction of sp³-hybridized carbons (Fsp3) is 0.286. The zero-order valence-electron chi connectivity index (χ0n) is 13.3. The van der Waals surface area contributed by atoms with E-state index in [-0.39, 0.29) is 51.5 Å². The summed E-state index contributed by atoms with van der Waals surface area (Å²) >= 11 is 12.2. The highest BCUT2D eigenvalue weighted by Crippen LogP contribution is 2.32. The van der Waals surface area contributed by atoms with E-state index in [9.17, 15) is 14.9 Å². The fourth-order valence-corrected chi connectivity index (χ4v) is 2.63. The largest absolute Gasteiger partial charge is 0.336 e. The van der Waals surface area contributed by atoms with Crippen molar-refractivity contribution in [3.05, 3.63) is 50.2 Å². The molecule has 0 saturated heterocycles. The molecule has 1 aromatic carbocycles.